The number of rotatable bonds is 9. The van der Waals surface area contributed by atoms with Gasteiger partial charge in [0.25, 0.3) is 0 Å². The average molecular weight is 265 g/mol. The van der Waals surface area contributed by atoms with Gasteiger partial charge in [-0.15, -0.1) is 0 Å². The Morgan fingerprint density at radius 1 is 1.25 bits per heavy atom. The molecule has 0 rings (SSSR count). The van der Waals surface area contributed by atoms with E-state index in [0.717, 1.165) is 24.5 Å². The van der Waals surface area contributed by atoms with E-state index < -0.39 is 0 Å². The van der Waals surface area contributed by atoms with E-state index in [0.29, 0.717) is 17.4 Å². The lowest BCUT2D eigenvalue weighted by atomic mass is 10.3. The molecule has 0 aromatic rings. The average Bonchev–Trinajstić information content (AvgIpc) is 2.19. The van der Waals surface area contributed by atoms with Crippen molar-refractivity contribution in [3.8, 4) is 0 Å². The SMILES string of the molecule is CC(CSC(C)(C)C)NCCSCCCO. The largest absolute Gasteiger partial charge is 0.396 e. The van der Waals surface area contributed by atoms with Crippen LogP contribution in [0.15, 0.2) is 0 Å². The molecule has 4 heteroatoms. The van der Waals surface area contributed by atoms with Crippen molar-refractivity contribution in [1.82, 2.24) is 5.32 Å². The van der Waals surface area contributed by atoms with Gasteiger partial charge in [-0.3, -0.25) is 0 Å². The summed E-state index contributed by atoms with van der Waals surface area (Å²) in [4.78, 5) is 0. The zero-order valence-electron chi connectivity index (χ0n) is 11.1. The van der Waals surface area contributed by atoms with Gasteiger partial charge in [-0.2, -0.15) is 23.5 Å². The summed E-state index contributed by atoms with van der Waals surface area (Å²) in [6.07, 6.45) is 0.917. The molecule has 0 saturated heterocycles. The fourth-order valence-corrected chi connectivity index (χ4v) is 2.75. The Kier molecular flexibility index (Phi) is 10.0. The van der Waals surface area contributed by atoms with Crippen molar-refractivity contribution in [2.45, 2.75) is 44.9 Å². The van der Waals surface area contributed by atoms with Gasteiger partial charge in [0.05, 0.1) is 0 Å². The number of hydrogen-bond donors (Lipinski definition) is 2. The smallest absolute Gasteiger partial charge is 0.0438 e. The highest BCUT2D eigenvalue weighted by Crippen LogP contribution is 2.23. The monoisotopic (exact) mass is 265 g/mol. The van der Waals surface area contributed by atoms with Crippen molar-refractivity contribution in [3.05, 3.63) is 0 Å². The minimum Gasteiger partial charge on any atom is -0.396 e. The molecule has 98 valence electrons. The first-order valence-electron chi connectivity index (χ1n) is 6.01. The molecule has 2 N–H and O–H groups in total. The molecular formula is C12H27NOS2. The first kappa shape index (κ1) is 16.6. The van der Waals surface area contributed by atoms with Gasteiger partial charge in [0.15, 0.2) is 0 Å². The maximum atomic E-state index is 8.63. The molecule has 0 fully saturated rings. The summed E-state index contributed by atoms with van der Waals surface area (Å²) in [5, 5.41) is 12.2. The lowest BCUT2D eigenvalue weighted by Crippen LogP contribution is -2.31. The van der Waals surface area contributed by atoms with Crippen LogP contribution in [0.2, 0.25) is 0 Å². The van der Waals surface area contributed by atoms with E-state index in [1.165, 1.54) is 5.75 Å². The molecule has 1 atom stereocenters. The Labute approximate surface area is 109 Å². The van der Waals surface area contributed by atoms with Crippen LogP contribution in [-0.4, -0.2) is 46.3 Å². The van der Waals surface area contributed by atoms with Crippen LogP contribution in [0.4, 0.5) is 0 Å². The summed E-state index contributed by atoms with van der Waals surface area (Å²) in [5.41, 5.74) is 0. The molecule has 0 bridgehead atoms. The van der Waals surface area contributed by atoms with E-state index in [4.69, 9.17) is 5.11 Å². The van der Waals surface area contributed by atoms with Crippen molar-refractivity contribution < 1.29 is 5.11 Å². The van der Waals surface area contributed by atoms with Crippen LogP contribution < -0.4 is 5.32 Å². The molecule has 0 saturated carbocycles. The quantitative estimate of drug-likeness (QED) is 0.628. The molecule has 1 unspecified atom stereocenters. The minimum absolute atomic E-state index is 0.319. The minimum atomic E-state index is 0.319. The first-order valence-corrected chi connectivity index (χ1v) is 8.15. The molecule has 0 aliphatic heterocycles. The van der Waals surface area contributed by atoms with Crippen LogP contribution in [0.5, 0.6) is 0 Å². The van der Waals surface area contributed by atoms with Gasteiger partial charge in [0.2, 0.25) is 0 Å². The van der Waals surface area contributed by atoms with E-state index in [2.05, 4.69) is 33.0 Å². The highest BCUT2D eigenvalue weighted by Gasteiger charge is 2.12. The molecule has 0 aliphatic rings. The Morgan fingerprint density at radius 3 is 2.50 bits per heavy atom. The lowest BCUT2D eigenvalue weighted by molar-refractivity contribution is 0.296. The van der Waals surface area contributed by atoms with Gasteiger partial charge in [-0.05, 0) is 19.1 Å². The predicted molar refractivity (Wildman–Crippen MR) is 78.7 cm³/mol. The first-order chi connectivity index (χ1) is 7.45. The molecule has 2 nitrogen and oxygen atoms in total. The summed E-state index contributed by atoms with van der Waals surface area (Å²) < 4.78 is 0.367. The molecule has 0 amide bonds. The van der Waals surface area contributed by atoms with Crippen molar-refractivity contribution in [2.75, 3.05) is 30.4 Å². The van der Waals surface area contributed by atoms with Crippen molar-refractivity contribution >= 4 is 23.5 Å². The topological polar surface area (TPSA) is 32.3 Å². The summed E-state index contributed by atoms with van der Waals surface area (Å²) in [6.45, 7) is 10.4. The number of thioether (sulfide) groups is 2. The van der Waals surface area contributed by atoms with E-state index in [1.54, 1.807) is 0 Å². The fraction of sp³-hybridized carbons (Fsp3) is 1.00. The van der Waals surface area contributed by atoms with Gasteiger partial charge in [0, 0.05) is 35.4 Å². The molecular weight excluding hydrogens is 238 g/mol. The Morgan fingerprint density at radius 2 is 1.94 bits per heavy atom. The summed E-state index contributed by atoms with van der Waals surface area (Å²) >= 11 is 3.93. The Hall–Kier alpha value is 0.620. The zero-order chi connectivity index (χ0) is 12.4. The molecule has 16 heavy (non-hydrogen) atoms. The third-order valence-corrected chi connectivity index (χ3v) is 4.56. The van der Waals surface area contributed by atoms with Gasteiger partial charge < -0.3 is 10.4 Å². The number of aliphatic hydroxyl groups is 1. The van der Waals surface area contributed by atoms with Gasteiger partial charge in [0.1, 0.15) is 0 Å². The third kappa shape index (κ3) is 12.7. The van der Waals surface area contributed by atoms with Crippen LogP contribution in [0.3, 0.4) is 0 Å². The summed E-state index contributed by atoms with van der Waals surface area (Å²) in [7, 11) is 0. The van der Waals surface area contributed by atoms with Crippen LogP contribution in [0.25, 0.3) is 0 Å². The van der Waals surface area contributed by atoms with E-state index in [-0.39, 0.29) is 0 Å². The highest BCUT2D eigenvalue weighted by atomic mass is 32.2. The highest BCUT2D eigenvalue weighted by molar-refractivity contribution is 8.00. The molecule has 0 aromatic carbocycles. The second-order valence-corrected chi connectivity index (χ2v) is 8.04. The van der Waals surface area contributed by atoms with Crippen LogP contribution >= 0.6 is 23.5 Å². The van der Waals surface area contributed by atoms with Crippen LogP contribution in [0.1, 0.15) is 34.1 Å². The zero-order valence-corrected chi connectivity index (χ0v) is 12.7. The van der Waals surface area contributed by atoms with Crippen molar-refractivity contribution in [2.24, 2.45) is 0 Å². The summed E-state index contributed by atoms with van der Waals surface area (Å²) in [5.74, 6) is 3.39. The summed E-state index contributed by atoms with van der Waals surface area (Å²) in [6, 6.07) is 0.586. The van der Waals surface area contributed by atoms with E-state index in [9.17, 15) is 0 Å². The standard InChI is InChI=1S/C12H27NOS2/c1-11(10-16-12(2,3)4)13-6-9-15-8-5-7-14/h11,13-14H,5-10H2,1-4H3. The lowest BCUT2D eigenvalue weighted by Gasteiger charge is -2.21. The number of aliphatic hydroxyl groups excluding tert-OH is 1. The van der Waals surface area contributed by atoms with Crippen LogP contribution in [0, 0.1) is 0 Å². The fourth-order valence-electron chi connectivity index (χ4n) is 1.08. The van der Waals surface area contributed by atoms with Crippen molar-refractivity contribution in [1.29, 1.82) is 0 Å². The molecule has 0 aromatic heterocycles. The Bertz CT molecular complexity index is 160. The van der Waals surface area contributed by atoms with Gasteiger partial charge in [-0.25, -0.2) is 0 Å². The molecule has 0 aliphatic carbocycles. The second kappa shape index (κ2) is 9.63. The third-order valence-electron chi connectivity index (χ3n) is 1.95. The van der Waals surface area contributed by atoms with Crippen molar-refractivity contribution in [3.63, 3.8) is 0 Å². The maximum absolute atomic E-state index is 8.63. The molecule has 0 spiro atoms. The van der Waals surface area contributed by atoms with Gasteiger partial charge in [-0.1, -0.05) is 20.8 Å². The van der Waals surface area contributed by atoms with Gasteiger partial charge >= 0.3 is 0 Å². The van der Waals surface area contributed by atoms with E-state index >= 15 is 0 Å². The second-order valence-electron chi connectivity index (χ2n) is 4.97. The maximum Gasteiger partial charge on any atom is 0.0438 e. The predicted octanol–water partition coefficient (Wildman–Crippen LogP) is 2.61. The molecule has 0 heterocycles. The number of nitrogens with one attached hydrogen (secondary N) is 1. The van der Waals surface area contributed by atoms with E-state index in [1.807, 2.05) is 23.5 Å². The number of hydrogen-bond acceptors (Lipinski definition) is 4. The molecule has 0 radical (unpaired) electrons. The van der Waals surface area contributed by atoms with Crippen LogP contribution in [-0.2, 0) is 0 Å². The Balaban J connectivity index is 3.27. The normalized spacial score (nSPS) is 14.1.